The van der Waals surface area contributed by atoms with E-state index in [1.807, 2.05) is 26.8 Å². The Bertz CT molecular complexity index is 205. The Balaban J connectivity index is 3.54. The largest absolute Gasteiger partial charge is 0.465 e. The van der Waals surface area contributed by atoms with Crippen molar-refractivity contribution in [2.45, 2.75) is 33.6 Å². The normalized spacial score (nSPS) is 10.4. The highest BCUT2D eigenvalue weighted by atomic mass is 16.5. The van der Waals surface area contributed by atoms with Gasteiger partial charge in [0.05, 0.1) is 12.0 Å². The zero-order chi connectivity index (χ0) is 10.3. The lowest BCUT2D eigenvalue weighted by molar-refractivity contribution is -0.152. The van der Waals surface area contributed by atoms with Gasteiger partial charge >= 0.3 is 5.97 Å². The van der Waals surface area contributed by atoms with Crippen LogP contribution in [0.1, 0.15) is 33.6 Å². The van der Waals surface area contributed by atoms with E-state index in [-0.39, 0.29) is 5.97 Å². The molecule has 2 nitrogen and oxygen atoms in total. The Kier molecular flexibility index (Phi) is 5.17. The van der Waals surface area contributed by atoms with Crippen molar-refractivity contribution in [1.29, 1.82) is 0 Å². The summed E-state index contributed by atoms with van der Waals surface area (Å²) in [6, 6.07) is 0. The number of ether oxygens (including phenoxy) is 1. The lowest BCUT2D eigenvalue weighted by Gasteiger charge is -2.16. The molecule has 2 heteroatoms. The molecule has 0 atom stereocenters. The van der Waals surface area contributed by atoms with E-state index >= 15 is 0 Å². The fraction of sp³-hybridized carbons (Fsp3) is 0.636. The van der Waals surface area contributed by atoms with Gasteiger partial charge in [0.1, 0.15) is 0 Å². The first-order valence-electron chi connectivity index (χ1n) is 4.50. The van der Waals surface area contributed by atoms with Gasteiger partial charge in [-0.1, -0.05) is 6.58 Å². The van der Waals surface area contributed by atoms with Crippen LogP contribution in [0.3, 0.4) is 0 Å². The first-order chi connectivity index (χ1) is 5.98. The molecule has 0 radical (unpaired) electrons. The molecule has 0 aromatic heterocycles. The number of hydrogen-bond acceptors (Lipinski definition) is 2. The molecule has 74 valence electrons. The van der Waals surface area contributed by atoms with Gasteiger partial charge in [-0.2, -0.15) is 0 Å². The fourth-order valence-electron chi connectivity index (χ4n) is 0.669. The Morgan fingerprint density at radius 3 is 2.62 bits per heavy atom. The van der Waals surface area contributed by atoms with Gasteiger partial charge in [0.25, 0.3) is 0 Å². The van der Waals surface area contributed by atoms with Crippen LogP contribution in [0.5, 0.6) is 0 Å². The molecular formula is C11H18O2. The number of carbonyl (C=O) groups excluding carboxylic acids is 1. The molecule has 0 heterocycles. The molecule has 13 heavy (non-hydrogen) atoms. The van der Waals surface area contributed by atoms with Crippen LogP contribution in [0, 0.1) is 5.41 Å². The molecule has 0 aliphatic heterocycles. The second-order valence-electron chi connectivity index (χ2n) is 3.94. The van der Waals surface area contributed by atoms with Gasteiger partial charge in [0.2, 0.25) is 0 Å². The zero-order valence-electron chi connectivity index (χ0n) is 8.72. The molecule has 0 aliphatic rings. The minimum atomic E-state index is -0.395. The smallest absolute Gasteiger partial charge is 0.311 e. The molecule has 0 aromatic rings. The first kappa shape index (κ1) is 12.0. The molecule has 0 aromatic carbocycles. The van der Waals surface area contributed by atoms with Crippen LogP contribution in [-0.2, 0) is 9.53 Å². The third kappa shape index (κ3) is 6.18. The number of carbonyl (C=O) groups is 1. The van der Waals surface area contributed by atoms with Gasteiger partial charge in [-0.15, -0.1) is 5.73 Å². The molecule has 0 saturated heterocycles. The van der Waals surface area contributed by atoms with Crippen LogP contribution in [0.15, 0.2) is 18.4 Å². The molecule has 0 spiro atoms. The van der Waals surface area contributed by atoms with Crippen LogP contribution >= 0.6 is 0 Å². The number of esters is 1. The van der Waals surface area contributed by atoms with Gasteiger partial charge < -0.3 is 4.74 Å². The summed E-state index contributed by atoms with van der Waals surface area (Å²) in [6.45, 7) is 9.46. The maximum Gasteiger partial charge on any atom is 0.311 e. The topological polar surface area (TPSA) is 26.3 Å². The minimum absolute atomic E-state index is 0.143. The SMILES string of the molecule is C=C=CCCCOC(=O)C(C)(C)C. The van der Waals surface area contributed by atoms with Crippen LogP contribution in [0.2, 0.25) is 0 Å². The van der Waals surface area contributed by atoms with Gasteiger partial charge in [-0.25, -0.2) is 0 Å². The van der Waals surface area contributed by atoms with Crippen molar-refractivity contribution < 1.29 is 9.53 Å². The predicted octanol–water partition coefficient (Wildman–Crippen LogP) is 2.70. The first-order valence-corrected chi connectivity index (χ1v) is 4.50. The summed E-state index contributed by atoms with van der Waals surface area (Å²) in [4.78, 5) is 11.2. The highest BCUT2D eigenvalue weighted by molar-refractivity contribution is 5.75. The van der Waals surface area contributed by atoms with Crippen LogP contribution < -0.4 is 0 Å². The minimum Gasteiger partial charge on any atom is -0.465 e. The maximum absolute atomic E-state index is 11.2. The zero-order valence-corrected chi connectivity index (χ0v) is 8.72. The van der Waals surface area contributed by atoms with E-state index < -0.39 is 5.41 Å². The molecule has 0 amide bonds. The maximum atomic E-state index is 11.2. The molecule has 0 saturated carbocycles. The molecular weight excluding hydrogens is 164 g/mol. The highest BCUT2D eigenvalue weighted by Gasteiger charge is 2.22. The van der Waals surface area contributed by atoms with Crippen molar-refractivity contribution in [2.24, 2.45) is 5.41 Å². The summed E-state index contributed by atoms with van der Waals surface area (Å²) in [5.41, 5.74) is 2.28. The summed E-state index contributed by atoms with van der Waals surface area (Å²) in [6.07, 6.45) is 3.54. The Morgan fingerprint density at radius 2 is 2.15 bits per heavy atom. The summed E-state index contributed by atoms with van der Waals surface area (Å²) >= 11 is 0. The lowest BCUT2D eigenvalue weighted by Crippen LogP contribution is -2.23. The van der Waals surface area contributed by atoms with Crippen molar-refractivity contribution >= 4 is 5.97 Å². The highest BCUT2D eigenvalue weighted by Crippen LogP contribution is 2.15. The molecule has 0 bridgehead atoms. The fourth-order valence-corrected chi connectivity index (χ4v) is 0.669. The number of unbranched alkanes of at least 4 members (excludes halogenated alkanes) is 1. The molecule has 0 aliphatic carbocycles. The Morgan fingerprint density at radius 1 is 1.54 bits per heavy atom. The summed E-state index contributed by atoms with van der Waals surface area (Å²) in [5, 5.41) is 0. The Hall–Kier alpha value is -1.01. The van der Waals surface area contributed by atoms with Crippen molar-refractivity contribution in [1.82, 2.24) is 0 Å². The van der Waals surface area contributed by atoms with Gasteiger partial charge in [-0.05, 0) is 39.7 Å². The molecule has 0 N–H and O–H groups in total. The van der Waals surface area contributed by atoms with E-state index in [0.29, 0.717) is 6.61 Å². The van der Waals surface area contributed by atoms with E-state index in [4.69, 9.17) is 4.74 Å². The van der Waals surface area contributed by atoms with E-state index in [0.717, 1.165) is 12.8 Å². The summed E-state index contributed by atoms with van der Waals surface area (Å²) < 4.78 is 5.05. The second kappa shape index (κ2) is 5.60. The number of hydrogen-bond donors (Lipinski definition) is 0. The molecule has 0 fully saturated rings. The van der Waals surface area contributed by atoms with Crippen molar-refractivity contribution in [3.63, 3.8) is 0 Å². The third-order valence-corrected chi connectivity index (χ3v) is 1.48. The van der Waals surface area contributed by atoms with Crippen molar-refractivity contribution in [2.75, 3.05) is 6.61 Å². The van der Waals surface area contributed by atoms with Gasteiger partial charge in [0.15, 0.2) is 0 Å². The third-order valence-electron chi connectivity index (χ3n) is 1.48. The van der Waals surface area contributed by atoms with Crippen molar-refractivity contribution in [3.8, 4) is 0 Å². The van der Waals surface area contributed by atoms with Crippen LogP contribution in [0.25, 0.3) is 0 Å². The number of allylic oxidation sites excluding steroid dienone is 1. The summed E-state index contributed by atoms with van der Waals surface area (Å²) in [5.74, 6) is -0.143. The molecule has 0 unspecified atom stereocenters. The van der Waals surface area contributed by atoms with Gasteiger partial charge in [-0.3, -0.25) is 4.79 Å². The quantitative estimate of drug-likeness (QED) is 0.379. The van der Waals surface area contributed by atoms with Crippen LogP contribution in [0.4, 0.5) is 0 Å². The average Bonchev–Trinajstić information content (AvgIpc) is 2.02. The monoisotopic (exact) mass is 182 g/mol. The second-order valence-corrected chi connectivity index (χ2v) is 3.94. The lowest BCUT2D eigenvalue weighted by atomic mass is 9.97. The van der Waals surface area contributed by atoms with Gasteiger partial charge in [0, 0.05) is 0 Å². The van der Waals surface area contributed by atoms with Crippen molar-refractivity contribution in [3.05, 3.63) is 18.4 Å². The molecule has 0 rings (SSSR count). The Labute approximate surface area is 80.3 Å². The van der Waals surface area contributed by atoms with E-state index in [2.05, 4.69) is 12.3 Å². The van der Waals surface area contributed by atoms with Crippen LogP contribution in [-0.4, -0.2) is 12.6 Å². The standard InChI is InChI=1S/C11H18O2/c1-5-6-7-8-9-13-10(12)11(2,3)4/h6H,1,7-9H2,2-4H3. The predicted molar refractivity (Wildman–Crippen MR) is 53.4 cm³/mol. The number of rotatable bonds is 4. The summed E-state index contributed by atoms with van der Waals surface area (Å²) in [7, 11) is 0. The van der Waals surface area contributed by atoms with E-state index in [1.54, 1.807) is 0 Å². The van der Waals surface area contributed by atoms with E-state index in [9.17, 15) is 4.79 Å². The van der Waals surface area contributed by atoms with E-state index in [1.165, 1.54) is 0 Å². The average molecular weight is 182 g/mol.